The summed E-state index contributed by atoms with van der Waals surface area (Å²) in [6.45, 7) is 0.896. The molecule has 2 rings (SSSR count). The van der Waals surface area contributed by atoms with E-state index in [0.29, 0.717) is 6.61 Å². The second-order valence-electron chi connectivity index (χ2n) is 4.64. The quantitative estimate of drug-likeness (QED) is 0.769. The van der Waals surface area contributed by atoms with Gasteiger partial charge in [0.05, 0.1) is 6.61 Å². The zero-order chi connectivity index (χ0) is 12.1. The van der Waals surface area contributed by atoms with Crippen LogP contribution in [0.3, 0.4) is 0 Å². The van der Waals surface area contributed by atoms with Crippen LogP contribution in [0.15, 0.2) is 18.2 Å². The van der Waals surface area contributed by atoms with Gasteiger partial charge in [-0.3, -0.25) is 0 Å². The molecule has 0 bridgehead atoms. The highest BCUT2D eigenvalue weighted by Gasteiger charge is 2.17. The number of unbranched alkanes of at least 4 members (excludes halogenated alkanes) is 1. The van der Waals surface area contributed by atoms with Gasteiger partial charge in [0.2, 0.25) is 0 Å². The Morgan fingerprint density at radius 3 is 3.06 bits per heavy atom. The predicted octanol–water partition coefficient (Wildman–Crippen LogP) is 2.17. The fraction of sp³-hybridized carbons (Fsp3) is 0.571. The molecule has 1 atom stereocenters. The average Bonchev–Trinajstić information content (AvgIpc) is 2.36. The molecule has 0 heterocycles. The lowest BCUT2D eigenvalue weighted by atomic mass is 9.88. The summed E-state index contributed by atoms with van der Waals surface area (Å²) in [7, 11) is 0. The van der Waals surface area contributed by atoms with E-state index in [-0.39, 0.29) is 12.6 Å². The number of aliphatic hydroxyl groups excluding tert-OH is 1. The van der Waals surface area contributed by atoms with Crippen molar-refractivity contribution >= 4 is 0 Å². The summed E-state index contributed by atoms with van der Waals surface area (Å²) in [6.07, 6.45) is 5.07. The van der Waals surface area contributed by atoms with Crippen LogP contribution < -0.4 is 10.5 Å². The Labute approximate surface area is 103 Å². The lowest BCUT2D eigenvalue weighted by Gasteiger charge is -2.22. The Morgan fingerprint density at radius 2 is 2.24 bits per heavy atom. The Balaban J connectivity index is 1.97. The lowest BCUT2D eigenvalue weighted by Crippen LogP contribution is -2.17. The smallest absolute Gasteiger partial charge is 0.119 e. The molecular weight excluding hydrogens is 214 g/mol. The Bertz CT molecular complexity index is 365. The summed E-state index contributed by atoms with van der Waals surface area (Å²) in [4.78, 5) is 0. The monoisotopic (exact) mass is 235 g/mol. The van der Waals surface area contributed by atoms with Crippen molar-refractivity contribution in [2.24, 2.45) is 5.73 Å². The van der Waals surface area contributed by atoms with Crippen LogP contribution >= 0.6 is 0 Å². The van der Waals surface area contributed by atoms with Crippen molar-refractivity contribution in [3.05, 3.63) is 29.3 Å². The van der Waals surface area contributed by atoms with Gasteiger partial charge >= 0.3 is 0 Å². The minimum Gasteiger partial charge on any atom is -0.494 e. The minimum absolute atomic E-state index is 0.166. The maximum Gasteiger partial charge on any atom is 0.119 e. The van der Waals surface area contributed by atoms with E-state index < -0.39 is 0 Å². The molecule has 0 spiro atoms. The van der Waals surface area contributed by atoms with E-state index in [4.69, 9.17) is 15.6 Å². The van der Waals surface area contributed by atoms with Gasteiger partial charge < -0.3 is 15.6 Å². The third kappa shape index (κ3) is 3.20. The maximum atomic E-state index is 8.68. The van der Waals surface area contributed by atoms with Crippen LogP contribution in [0.25, 0.3) is 0 Å². The Kier molecular flexibility index (Phi) is 4.40. The molecule has 1 aromatic carbocycles. The SMILES string of the molecule is NC1CCCc2ccc(OCCCCO)cc21. The third-order valence-corrected chi connectivity index (χ3v) is 3.30. The van der Waals surface area contributed by atoms with Crippen molar-refractivity contribution in [3.63, 3.8) is 0 Å². The van der Waals surface area contributed by atoms with Crippen molar-refractivity contribution in [1.29, 1.82) is 0 Å². The summed E-state index contributed by atoms with van der Waals surface area (Å²) in [5, 5.41) is 8.68. The summed E-state index contributed by atoms with van der Waals surface area (Å²) < 4.78 is 5.66. The van der Waals surface area contributed by atoms with Gasteiger partial charge in [-0.15, -0.1) is 0 Å². The molecule has 3 heteroatoms. The number of hydrogen-bond acceptors (Lipinski definition) is 3. The largest absolute Gasteiger partial charge is 0.494 e. The Hall–Kier alpha value is -1.06. The maximum absolute atomic E-state index is 8.68. The molecule has 3 N–H and O–H groups in total. The van der Waals surface area contributed by atoms with Gasteiger partial charge in [-0.1, -0.05) is 6.07 Å². The van der Waals surface area contributed by atoms with Gasteiger partial charge in [0.25, 0.3) is 0 Å². The molecule has 94 valence electrons. The van der Waals surface area contributed by atoms with E-state index in [1.807, 2.05) is 6.07 Å². The molecule has 17 heavy (non-hydrogen) atoms. The summed E-state index contributed by atoms with van der Waals surface area (Å²) in [5.74, 6) is 0.902. The molecule has 3 nitrogen and oxygen atoms in total. The second-order valence-corrected chi connectivity index (χ2v) is 4.64. The molecule has 1 aromatic rings. The van der Waals surface area contributed by atoms with Crippen LogP contribution in [0, 0.1) is 0 Å². The van der Waals surface area contributed by atoms with E-state index in [0.717, 1.165) is 31.4 Å². The number of rotatable bonds is 5. The zero-order valence-corrected chi connectivity index (χ0v) is 10.2. The van der Waals surface area contributed by atoms with Gasteiger partial charge in [-0.25, -0.2) is 0 Å². The van der Waals surface area contributed by atoms with Crippen LogP contribution in [0.5, 0.6) is 5.75 Å². The van der Waals surface area contributed by atoms with E-state index >= 15 is 0 Å². The van der Waals surface area contributed by atoms with E-state index in [2.05, 4.69) is 12.1 Å². The van der Waals surface area contributed by atoms with Gasteiger partial charge in [-0.2, -0.15) is 0 Å². The van der Waals surface area contributed by atoms with Crippen molar-refractivity contribution in [2.45, 2.75) is 38.1 Å². The first-order valence-electron chi connectivity index (χ1n) is 6.43. The van der Waals surface area contributed by atoms with Gasteiger partial charge in [0.1, 0.15) is 5.75 Å². The molecule has 1 unspecified atom stereocenters. The summed E-state index contributed by atoms with van der Waals surface area (Å²) >= 11 is 0. The summed E-state index contributed by atoms with van der Waals surface area (Å²) in [6, 6.07) is 6.41. The van der Waals surface area contributed by atoms with Gasteiger partial charge in [-0.05, 0) is 55.4 Å². The van der Waals surface area contributed by atoms with Crippen molar-refractivity contribution in [1.82, 2.24) is 0 Å². The topological polar surface area (TPSA) is 55.5 Å². The molecule has 0 amide bonds. The summed E-state index contributed by atoms with van der Waals surface area (Å²) in [5.41, 5.74) is 8.72. The molecule has 0 saturated heterocycles. The van der Waals surface area contributed by atoms with Crippen LogP contribution in [0.4, 0.5) is 0 Å². The van der Waals surface area contributed by atoms with Crippen molar-refractivity contribution in [2.75, 3.05) is 13.2 Å². The molecule has 0 aliphatic heterocycles. The standard InChI is InChI=1S/C14H21NO2/c15-14-5-3-4-11-6-7-12(10-13(11)14)17-9-2-1-8-16/h6-7,10,14,16H,1-5,8-9,15H2. The third-order valence-electron chi connectivity index (χ3n) is 3.30. The zero-order valence-electron chi connectivity index (χ0n) is 10.2. The van der Waals surface area contributed by atoms with Gasteiger partial charge in [0.15, 0.2) is 0 Å². The highest BCUT2D eigenvalue weighted by atomic mass is 16.5. The Morgan fingerprint density at radius 1 is 1.35 bits per heavy atom. The number of fused-ring (bicyclic) bond motifs is 1. The second kappa shape index (κ2) is 6.03. The molecule has 0 fully saturated rings. The van der Waals surface area contributed by atoms with Crippen LogP contribution in [-0.2, 0) is 6.42 Å². The van der Waals surface area contributed by atoms with Gasteiger partial charge in [0, 0.05) is 12.6 Å². The van der Waals surface area contributed by atoms with Crippen molar-refractivity contribution in [3.8, 4) is 5.75 Å². The fourth-order valence-corrected chi connectivity index (χ4v) is 2.31. The number of aryl methyl sites for hydroxylation is 1. The minimum atomic E-state index is 0.166. The first-order valence-corrected chi connectivity index (χ1v) is 6.43. The molecule has 1 aliphatic rings. The molecule has 0 saturated carbocycles. The van der Waals surface area contributed by atoms with Crippen LogP contribution in [0.2, 0.25) is 0 Å². The fourth-order valence-electron chi connectivity index (χ4n) is 2.31. The number of nitrogens with two attached hydrogens (primary N) is 1. The number of hydrogen-bond donors (Lipinski definition) is 2. The predicted molar refractivity (Wildman–Crippen MR) is 68.1 cm³/mol. The molecule has 0 radical (unpaired) electrons. The highest BCUT2D eigenvalue weighted by Crippen LogP contribution is 2.30. The first kappa shape index (κ1) is 12.4. The number of ether oxygens (including phenoxy) is 1. The lowest BCUT2D eigenvalue weighted by molar-refractivity contribution is 0.253. The van der Waals surface area contributed by atoms with Crippen LogP contribution in [0.1, 0.15) is 42.9 Å². The number of aliphatic hydroxyl groups is 1. The average molecular weight is 235 g/mol. The van der Waals surface area contributed by atoms with Crippen molar-refractivity contribution < 1.29 is 9.84 Å². The van der Waals surface area contributed by atoms with E-state index in [1.165, 1.54) is 17.5 Å². The van der Waals surface area contributed by atoms with Crippen LogP contribution in [-0.4, -0.2) is 18.3 Å². The highest BCUT2D eigenvalue weighted by molar-refractivity contribution is 5.39. The molecule has 1 aliphatic carbocycles. The first-order chi connectivity index (χ1) is 8.31. The molecular formula is C14H21NO2. The number of benzene rings is 1. The van der Waals surface area contributed by atoms with E-state index in [1.54, 1.807) is 0 Å². The van der Waals surface area contributed by atoms with E-state index in [9.17, 15) is 0 Å². The molecule has 0 aromatic heterocycles. The normalized spacial score (nSPS) is 18.8.